The second-order valence-electron chi connectivity index (χ2n) is 5.38. The van der Waals surface area contributed by atoms with Gasteiger partial charge in [-0.2, -0.15) is 0 Å². The average Bonchev–Trinajstić information content (AvgIpc) is 2.44. The zero-order valence-corrected chi connectivity index (χ0v) is 13.5. The first kappa shape index (κ1) is 15.3. The largest absolute Gasteiger partial charge is 0.335 e. The van der Waals surface area contributed by atoms with Gasteiger partial charge in [0.05, 0.1) is 19.6 Å². The van der Waals surface area contributed by atoms with Gasteiger partial charge >= 0.3 is 6.03 Å². The summed E-state index contributed by atoms with van der Waals surface area (Å²) in [4.78, 5) is 13.6. The van der Waals surface area contributed by atoms with Gasteiger partial charge in [-0.05, 0) is 30.7 Å². The molecule has 0 bridgehead atoms. The summed E-state index contributed by atoms with van der Waals surface area (Å²) in [6.07, 6.45) is 3.38. The van der Waals surface area contributed by atoms with Crippen molar-refractivity contribution < 1.29 is 9.69 Å². The van der Waals surface area contributed by atoms with E-state index < -0.39 is 0 Å². The van der Waals surface area contributed by atoms with E-state index in [-0.39, 0.29) is 6.03 Å². The standard InChI is InChI=1S/C15H22BrN3O/c1-2-9-19-10-7-14(8-11-19)18-15(20)17-13-5-3-12(16)4-6-13/h3-6,14H,2,7-11H2,1H3,(H2,17,18,20)/p+1. The van der Waals surface area contributed by atoms with Crippen LogP contribution in [0.5, 0.6) is 0 Å². The lowest BCUT2D eigenvalue weighted by Gasteiger charge is -2.29. The van der Waals surface area contributed by atoms with Gasteiger partial charge in [-0.15, -0.1) is 0 Å². The van der Waals surface area contributed by atoms with Crippen LogP contribution in [-0.2, 0) is 0 Å². The molecular formula is C15H23BrN3O+. The van der Waals surface area contributed by atoms with Crippen molar-refractivity contribution in [2.24, 2.45) is 0 Å². The molecule has 5 heteroatoms. The zero-order chi connectivity index (χ0) is 14.4. The topological polar surface area (TPSA) is 45.6 Å². The molecular weight excluding hydrogens is 318 g/mol. The van der Waals surface area contributed by atoms with E-state index in [1.165, 1.54) is 13.0 Å². The number of halogens is 1. The van der Waals surface area contributed by atoms with E-state index >= 15 is 0 Å². The van der Waals surface area contributed by atoms with E-state index in [0.717, 1.165) is 36.1 Å². The van der Waals surface area contributed by atoms with Crippen molar-refractivity contribution >= 4 is 27.6 Å². The van der Waals surface area contributed by atoms with Crippen LogP contribution < -0.4 is 15.5 Å². The Hall–Kier alpha value is -1.07. The molecule has 4 nitrogen and oxygen atoms in total. The molecule has 2 rings (SSSR count). The molecule has 0 aromatic heterocycles. The molecule has 1 aromatic carbocycles. The van der Waals surface area contributed by atoms with Gasteiger partial charge in [-0.25, -0.2) is 4.79 Å². The Morgan fingerprint density at radius 1 is 1.30 bits per heavy atom. The van der Waals surface area contributed by atoms with Crippen LogP contribution in [0.25, 0.3) is 0 Å². The molecule has 1 heterocycles. The number of piperidine rings is 1. The van der Waals surface area contributed by atoms with Crippen LogP contribution >= 0.6 is 15.9 Å². The average molecular weight is 341 g/mol. The number of hydrogen-bond donors (Lipinski definition) is 3. The number of amides is 2. The van der Waals surface area contributed by atoms with Crippen LogP contribution in [0, 0.1) is 0 Å². The molecule has 0 radical (unpaired) electrons. The molecule has 1 saturated heterocycles. The lowest BCUT2D eigenvalue weighted by Crippen LogP contribution is -3.13. The van der Waals surface area contributed by atoms with E-state index in [0.29, 0.717) is 6.04 Å². The quantitative estimate of drug-likeness (QED) is 0.771. The number of quaternary nitrogens is 1. The summed E-state index contributed by atoms with van der Waals surface area (Å²) in [7, 11) is 0. The minimum absolute atomic E-state index is 0.101. The highest BCUT2D eigenvalue weighted by Crippen LogP contribution is 2.14. The van der Waals surface area contributed by atoms with Crippen LogP contribution in [0.2, 0.25) is 0 Å². The Morgan fingerprint density at radius 2 is 1.95 bits per heavy atom. The Labute approximate surface area is 129 Å². The number of carbonyl (C=O) groups excluding carboxylic acids is 1. The molecule has 0 atom stereocenters. The highest BCUT2D eigenvalue weighted by Gasteiger charge is 2.22. The number of anilines is 1. The predicted octanol–water partition coefficient (Wildman–Crippen LogP) is 2.03. The fourth-order valence-electron chi connectivity index (χ4n) is 2.66. The second-order valence-corrected chi connectivity index (χ2v) is 6.30. The van der Waals surface area contributed by atoms with Crippen LogP contribution in [0.4, 0.5) is 10.5 Å². The molecule has 1 aliphatic rings. The number of rotatable bonds is 4. The highest BCUT2D eigenvalue weighted by atomic mass is 79.9. The van der Waals surface area contributed by atoms with Gasteiger partial charge in [0.15, 0.2) is 0 Å². The van der Waals surface area contributed by atoms with E-state index in [9.17, 15) is 4.79 Å². The van der Waals surface area contributed by atoms with Gasteiger partial charge in [-0.1, -0.05) is 22.9 Å². The van der Waals surface area contributed by atoms with Crippen molar-refractivity contribution in [3.63, 3.8) is 0 Å². The monoisotopic (exact) mass is 340 g/mol. The van der Waals surface area contributed by atoms with E-state index in [1.54, 1.807) is 4.90 Å². The maximum absolute atomic E-state index is 11.9. The lowest BCUT2D eigenvalue weighted by molar-refractivity contribution is -0.905. The van der Waals surface area contributed by atoms with E-state index in [4.69, 9.17) is 0 Å². The molecule has 3 N–H and O–H groups in total. The molecule has 1 aliphatic heterocycles. The number of urea groups is 1. The molecule has 0 aliphatic carbocycles. The Bertz CT molecular complexity index is 427. The highest BCUT2D eigenvalue weighted by molar-refractivity contribution is 9.10. The summed E-state index contributed by atoms with van der Waals surface area (Å²) < 4.78 is 1.01. The van der Waals surface area contributed by atoms with Crippen LogP contribution in [0.15, 0.2) is 28.7 Å². The lowest BCUT2D eigenvalue weighted by atomic mass is 10.1. The van der Waals surface area contributed by atoms with Gasteiger partial charge in [0.2, 0.25) is 0 Å². The van der Waals surface area contributed by atoms with Gasteiger partial charge in [0.25, 0.3) is 0 Å². The molecule has 0 spiro atoms. The van der Waals surface area contributed by atoms with Crippen molar-refractivity contribution in [1.29, 1.82) is 0 Å². The number of nitrogens with one attached hydrogen (secondary N) is 3. The van der Waals surface area contributed by atoms with Crippen molar-refractivity contribution in [2.45, 2.75) is 32.2 Å². The molecule has 0 unspecified atom stereocenters. The van der Waals surface area contributed by atoms with Crippen LogP contribution in [0.3, 0.4) is 0 Å². The van der Waals surface area contributed by atoms with Crippen molar-refractivity contribution in [1.82, 2.24) is 5.32 Å². The second kappa shape index (κ2) is 7.64. The summed E-state index contributed by atoms with van der Waals surface area (Å²) in [5.74, 6) is 0. The number of likely N-dealkylation sites (tertiary alicyclic amines) is 1. The zero-order valence-electron chi connectivity index (χ0n) is 11.9. The fraction of sp³-hybridized carbons (Fsp3) is 0.533. The molecule has 1 aromatic rings. The van der Waals surface area contributed by atoms with Gasteiger partial charge in [0, 0.05) is 29.0 Å². The van der Waals surface area contributed by atoms with Gasteiger partial charge in [0.1, 0.15) is 0 Å². The van der Waals surface area contributed by atoms with Gasteiger partial charge in [-0.3, -0.25) is 0 Å². The summed E-state index contributed by atoms with van der Waals surface area (Å²) >= 11 is 3.38. The third-order valence-corrected chi connectivity index (χ3v) is 4.26. The molecule has 2 amide bonds. The third-order valence-electron chi connectivity index (χ3n) is 3.73. The first-order valence-electron chi connectivity index (χ1n) is 7.34. The minimum atomic E-state index is -0.101. The normalized spacial score (nSPS) is 22.3. The van der Waals surface area contributed by atoms with Crippen molar-refractivity contribution in [3.05, 3.63) is 28.7 Å². The van der Waals surface area contributed by atoms with Crippen molar-refractivity contribution in [3.8, 4) is 0 Å². The Kier molecular flexibility index (Phi) is 5.86. The van der Waals surface area contributed by atoms with Crippen molar-refractivity contribution in [2.75, 3.05) is 25.0 Å². The molecule has 20 heavy (non-hydrogen) atoms. The SMILES string of the molecule is CCC[NH+]1CCC(NC(=O)Nc2ccc(Br)cc2)CC1. The first-order chi connectivity index (χ1) is 9.67. The minimum Gasteiger partial charge on any atom is -0.335 e. The first-order valence-corrected chi connectivity index (χ1v) is 8.13. The molecule has 1 fully saturated rings. The third kappa shape index (κ3) is 4.80. The molecule has 0 saturated carbocycles. The summed E-state index contributed by atoms with van der Waals surface area (Å²) in [5, 5.41) is 5.94. The van der Waals surface area contributed by atoms with Crippen LogP contribution in [0.1, 0.15) is 26.2 Å². The predicted molar refractivity (Wildman–Crippen MR) is 85.2 cm³/mol. The number of benzene rings is 1. The summed E-state index contributed by atoms with van der Waals surface area (Å²) in [6.45, 7) is 5.80. The fourth-order valence-corrected chi connectivity index (χ4v) is 2.92. The molecule has 110 valence electrons. The Morgan fingerprint density at radius 3 is 2.55 bits per heavy atom. The summed E-state index contributed by atoms with van der Waals surface area (Å²) in [6, 6.07) is 7.82. The Balaban J connectivity index is 1.74. The maximum atomic E-state index is 11.9. The van der Waals surface area contributed by atoms with Crippen LogP contribution in [-0.4, -0.2) is 31.7 Å². The smallest absolute Gasteiger partial charge is 0.319 e. The summed E-state index contributed by atoms with van der Waals surface area (Å²) in [5.41, 5.74) is 0.819. The number of carbonyl (C=O) groups is 1. The van der Waals surface area contributed by atoms with Gasteiger partial charge < -0.3 is 15.5 Å². The van der Waals surface area contributed by atoms with E-state index in [1.807, 2.05) is 24.3 Å². The maximum Gasteiger partial charge on any atom is 0.319 e. The van der Waals surface area contributed by atoms with E-state index in [2.05, 4.69) is 33.5 Å². The number of hydrogen-bond acceptors (Lipinski definition) is 1.